The van der Waals surface area contributed by atoms with Crippen molar-refractivity contribution in [2.45, 2.75) is 18.8 Å². The number of hydrogen-bond acceptors (Lipinski definition) is 6. The van der Waals surface area contributed by atoms with Crippen molar-refractivity contribution in [1.82, 2.24) is 14.9 Å². The van der Waals surface area contributed by atoms with Crippen LogP contribution in [0.15, 0.2) is 12.4 Å². The van der Waals surface area contributed by atoms with Gasteiger partial charge < -0.3 is 15.5 Å². The van der Waals surface area contributed by atoms with Crippen LogP contribution in [0, 0.1) is 0 Å². The minimum absolute atomic E-state index is 0.483. The van der Waals surface area contributed by atoms with Crippen LogP contribution in [0.3, 0.4) is 0 Å². The highest BCUT2D eigenvalue weighted by Crippen LogP contribution is 2.12. The molecule has 0 amide bonds. The summed E-state index contributed by atoms with van der Waals surface area (Å²) in [5.74, 6) is 0.727. The average Bonchev–Trinajstić information content (AvgIpc) is 2.59. The van der Waals surface area contributed by atoms with E-state index >= 15 is 0 Å². The van der Waals surface area contributed by atoms with Gasteiger partial charge in [-0.25, -0.2) is 4.98 Å². The lowest BCUT2D eigenvalue weighted by atomic mass is 10.3. The number of nitrogens with one attached hydrogen (secondary N) is 1. The summed E-state index contributed by atoms with van der Waals surface area (Å²) in [6, 6.07) is 0. The molecular weight excluding hydrogens is 208 g/mol. The Labute approximate surface area is 94.0 Å². The van der Waals surface area contributed by atoms with Gasteiger partial charge in [-0.1, -0.05) is 0 Å². The summed E-state index contributed by atoms with van der Waals surface area (Å²) in [7, 11) is 1.79. The first kappa shape index (κ1) is 11.3. The Hall–Kier alpha value is -1.24. The van der Waals surface area contributed by atoms with Gasteiger partial charge in [0.05, 0.1) is 30.3 Å². The smallest absolute Gasteiger partial charge is 0.144 e. The van der Waals surface area contributed by atoms with Crippen LogP contribution in [0.5, 0.6) is 0 Å². The first-order valence-electron chi connectivity index (χ1n) is 5.26. The van der Waals surface area contributed by atoms with Gasteiger partial charge >= 0.3 is 0 Å². The molecule has 1 aromatic rings. The molecule has 88 valence electrons. The Morgan fingerprint density at radius 1 is 1.31 bits per heavy atom. The van der Waals surface area contributed by atoms with Crippen LogP contribution in [0.2, 0.25) is 0 Å². The highest BCUT2D eigenvalue weighted by Gasteiger charge is 2.29. The molecule has 6 nitrogen and oxygen atoms in total. The Balaban J connectivity index is 1.94. The fourth-order valence-corrected chi connectivity index (χ4v) is 1.77. The van der Waals surface area contributed by atoms with Crippen molar-refractivity contribution in [3.8, 4) is 0 Å². The fraction of sp³-hybridized carbons (Fsp3) is 0.600. The molecule has 3 N–H and O–H groups in total. The van der Waals surface area contributed by atoms with E-state index < -0.39 is 12.2 Å². The van der Waals surface area contributed by atoms with Gasteiger partial charge in [0, 0.05) is 26.7 Å². The summed E-state index contributed by atoms with van der Waals surface area (Å²) in [6.07, 6.45) is 2.07. The summed E-state index contributed by atoms with van der Waals surface area (Å²) < 4.78 is 0. The van der Waals surface area contributed by atoms with Crippen LogP contribution < -0.4 is 5.32 Å². The number of β-amino-alcohol motifs (C(OH)–C–C–N with tert-alkyl or cyclic N) is 2. The van der Waals surface area contributed by atoms with Gasteiger partial charge in [0.2, 0.25) is 0 Å². The van der Waals surface area contributed by atoms with Crippen molar-refractivity contribution in [2.75, 3.05) is 25.5 Å². The minimum atomic E-state index is -0.649. The Kier molecular flexibility index (Phi) is 3.33. The van der Waals surface area contributed by atoms with E-state index in [0.29, 0.717) is 19.6 Å². The molecular formula is C10H16N4O2. The topological polar surface area (TPSA) is 81.5 Å². The van der Waals surface area contributed by atoms with Crippen molar-refractivity contribution < 1.29 is 10.2 Å². The Morgan fingerprint density at radius 2 is 2.00 bits per heavy atom. The molecule has 0 aliphatic carbocycles. The summed E-state index contributed by atoms with van der Waals surface area (Å²) in [5, 5.41) is 21.7. The lowest BCUT2D eigenvalue weighted by molar-refractivity contribution is 0.0572. The molecule has 6 heteroatoms. The zero-order valence-corrected chi connectivity index (χ0v) is 9.17. The number of aliphatic hydroxyl groups is 2. The SMILES string of the molecule is CNc1cnc(CN2CC(O)C(O)C2)cn1. The molecule has 16 heavy (non-hydrogen) atoms. The summed E-state index contributed by atoms with van der Waals surface area (Å²) in [6.45, 7) is 1.57. The van der Waals surface area contributed by atoms with Crippen LogP contribution in [0.4, 0.5) is 5.82 Å². The van der Waals surface area contributed by atoms with Gasteiger partial charge in [0.1, 0.15) is 5.82 Å². The maximum atomic E-state index is 9.39. The average molecular weight is 224 g/mol. The molecule has 0 radical (unpaired) electrons. The van der Waals surface area contributed by atoms with Gasteiger partial charge in [0.25, 0.3) is 0 Å². The quantitative estimate of drug-likeness (QED) is 0.614. The molecule has 2 heterocycles. The van der Waals surface area contributed by atoms with Crippen molar-refractivity contribution >= 4 is 5.82 Å². The highest BCUT2D eigenvalue weighted by atomic mass is 16.3. The predicted molar refractivity (Wildman–Crippen MR) is 58.9 cm³/mol. The van der Waals surface area contributed by atoms with Crippen molar-refractivity contribution in [2.24, 2.45) is 0 Å². The third kappa shape index (κ3) is 2.46. The molecule has 1 aromatic heterocycles. The fourth-order valence-electron chi connectivity index (χ4n) is 1.77. The zero-order valence-electron chi connectivity index (χ0n) is 9.17. The lowest BCUT2D eigenvalue weighted by Gasteiger charge is -2.13. The third-order valence-corrected chi connectivity index (χ3v) is 2.68. The molecule has 0 saturated carbocycles. The van der Waals surface area contributed by atoms with E-state index in [1.54, 1.807) is 19.4 Å². The van der Waals surface area contributed by atoms with Crippen LogP contribution in [0.1, 0.15) is 5.69 Å². The maximum Gasteiger partial charge on any atom is 0.144 e. The molecule has 2 rings (SSSR count). The molecule has 1 aliphatic heterocycles. The molecule has 0 bridgehead atoms. The van der Waals surface area contributed by atoms with Crippen LogP contribution in [-0.4, -0.2) is 57.4 Å². The van der Waals surface area contributed by atoms with E-state index in [2.05, 4.69) is 15.3 Å². The molecule has 0 aromatic carbocycles. The number of hydrogen-bond donors (Lipinski definition) is 3. The first-order valence-corrected chi connectivity index (χ1v) is 5.26. The van der Waals surface area contributed by atoms with Gasteiger partial charge in [-0.3, -0.25) is 9.88 Å². The van der Waals surface area contributed by atoms with Gasteiger partial charge in [0.15, 0.2) is 0 Å². The van der Waals surface area contributed by atoms with Crippen LogP contribution in [-0.2, 0) is 6.54 Å². The minimum Gasteiger partial charge on any atom is -0.389 e. The second-order valence-electron chi connectivity index (χ2n) is 3.97. The van der Waals surface area contributed by atoms with Crippen LogP contribution in [0.25, 0.3) is 0 Å². The van der Waals surface area contributed by atoms with E-state index in [0.717, 1.165) is 11.5 Å². The summed E-state index contributed by atoms with van der Waals surface area (Å²) in [5.41, 5.74) is 0.834. The summed E-state index contributed by atoms with van der Waals surface area (Å²) >= 11 is 0. The van der Waals surface area contributed by atoms with E-state index in [4.69, 9.17) is 0 Å². The Morgan fingerprint density at radius 3 is 2.50 bits per heavy atom. The molecule has 2 atom stereocenters. The number of aliphatic hydroxyl groups excluding tert-OH is 2. The van der Waals surface area contributed by atoms with E-state index in [1.165, 1.54) is 0 Å². The number of aromatic nitrogens is 2. The predicted octanol–water partition coefficient (Wildman–Crippen LogP) is -0.944. The second kappa shape index (κ2) is 4.73. The standard InChI is InChI=1S/C10H16N4O2/c1-11-10-3-12-7(2-13-10)4-14-5-8(15)9(16)6-14/h2-3,8-9,15-16H,4-6H2,1H3,(H,11,13). The molecule has 0 spiro atoms. The second-order valence-corrected chi connectivity index (χ2v) is 3.97. The van der Waals surface area contributed by atoms with Gasteiger partial charge in [-0.05, 0) is 0 Å². The number of rotatable bonds is 3. The summed E-state index contributed by atoms with van der Waals surface area (Å²) in [4.78, 5) is 10.3. The number of likely N-dealkylation sites (tertiary alicyclic amines) is 1. The number of nitrogens with zero attached hydrogens (tertiary/aromatic N) is 3. The molecule has 1 aliphatic rings. The van der Waals surface area contributed by atoms with Crippen molar-refractivity contribution in [1.29, 1.82) is 0 Å². The van der Waals surface area contributed by atoms with Gasteiger partial charge in [-0.15, -0.1) is 0 Å². The first-order chi connectivity index (χ1) is 7.69. The van der Waals surface area contributed by atoms with E-state index in [1.807, 2.05) is 4.90 Å². The third-order valence-electron chi connectivity index (χ3n) is 2.68. The van der Waals surface area contributed by atoms with Crippen LogP contribution >= 0.6 is 0 Å². The number of anilines is 1. The van der Waals surface area contributed by atoms with E-state index in [-0.39, 0.29) is 0 Å². The largest absolute Gasteiger partial charge is 0.389 e. The normalized spacial score (nSPS) is 25.9. The van der Waals surface area contributed by atoms with Crippen molar-refractivity contribution in [3.63, 3.8) is 0 Å². The van der Waals surface area contributed by atoms with E-state index in [9.17, 15) is 10.2 Å². The maximum absolute atomic E-state index is 9.39. The molecule has 1 saturated heterocycles. The zero-order chi connectivity index (χ0) is 11.5. The monoisotopic (exact) mass is 224 g/mol. The van der Waals surface area contributed by atoms with Crippen molar-refractivity contribution in [3.05, 3.63) is 18.1 Å². The highest BCUT2D eigenvalue weighted by molar-refractivity contribution is 5.29. The lowest BCUT2D eigenvalue weighted by Crippen LogP contribution is -2.22. The van der Waals surface area contributed by atoms with Gasteiger partial charge in [-0.2, -0.15) is 0 Å². The Bertz CT molecular complexity index is 333. The molecule has 2 unspecified atom stereocenters. The molecule has 1 fully saturated rings.